The summed E-state index contributed by atoms with van der Waals surface area (Å²) in [5.74, 6) is 0.239. The van der Waals surface area contributed by atoms with Crippen molar-refractivity contribution >= 4 is 18.3 Å². The molecule has 1 atom stereocenters. The molecule has 1 saturated heterocycles. The molecule has 0 aromatic carbocycles. The largest absolute Gasteiger partial charge is 0.333 e. The zero-order chi connectivity index (χ0) is 13.9. The van der Waals surface area contributed by atoms with E-state index in [1.54, 1.807) is 6.20 Å². The predicted octanol–water partition coefficient (Wildman–Crippen LogP) is 2.41. The number of aromatic nitrogens is 1. The summed E-state index contributed by atoms with van der Waals surface area (Å²) >= 11 is 0. The monoisotopic (exact) mass is 297 g/mol. The number of nitrogens with one attached hydrogen (secondary N) is 1. The SMILES string of the molecule is CC(C)(C)CC(=O)N1CCNCC1c1cccnc1.Cl. The van der Waals surface area contributed by atoms with Gasteiger partial charge in [-0.05, 0) is 17.0 Å². The molecule has 4 nitrogen and oxygen atoms in total. The Hall–Kier alpha value is -1.13. The van der Waals surface area contributed by atoms with Crippen LogP contribution in [-0.2, 0) is 4.79 Å². The Morgan fingerprint density at radius 1 is 1.50 bits per heavy atom. The number of rotatable bonds is 2. The lowest BCUT2D eigenvalue weighted by atomic mass is 9.91. The summed E-state index contributed by atoms with van der Waals surface area (Å²) in [4.78, 5) is 18.6. The molecule has 1 aromatic rings. The molecule has 1 aliphatic heterocycles. The molecule has 0 radical (unpaired) electrons. The molecule has 1 amide bonds. The van der Waals surface area contributed by atoms with Crippen LogP contribution in [0.25, 0.3) is 0 Å². The summed E-state index contributed by atoms with van der Waals surface area (Å²) in [5, 5.41) is 3.36. The van der Waals surface area contributed by atoms with Gasteiger partial charge in [-0.2, -0.15) is 0 Å². The van der Waals surface area contributed by atoms with E-state index in [1.807, 2.05) is 23.2 Å². The van der Waals surface area contributed by atoms with Crippen LogP contribution in [0.15, 0.2) is 24.5 Å². The van der Waals surface area contributed by atoms with Crippen molar-refractivity contribution in [3.05, 3.63) is 30.1 Å². The van der Waals surface area contributed by atoms with Crippen LogP contribution >= 0.6 is 12.4 Å². The molecule has 1 aromatic heterocycles. The lowest BCUT2D eigenvalue weighted by molar-refractivity contribution is -0.136. The molecule has 5 heteroatoms. The van der Waals surface area contributed by atoms with Gasteiger partial charge in [0.25, 0.3) is 0 Å². The van der Waals surface area contributed by atoms with Crippen LogP contribution in [-0.4, -0.2) is 35.4 Å². The topological polar surface area (TPSA) is 45.2 Å². The van der Waals surface area contributed by atoms with Crippen LogP contribution in [0.3, 0.4) is 0 Å². The molecule has 1 unspecified atom stereocenters. The van der Waals surface area contributed by atoms with Crippen LogP contribution in [0.1, 0.15) is 38.8 Å². The number of pyridine rings is 1. The van der Waals surface area contributed by atoms with Crippen molar-refractivity contribution in [2.75, 3.05) is 19.6 Å². The van der Waals surface area contributed by atoms with Gasteiger partial charge >= 0.3 is 0 Å². The number of amides is 1. The third-order valence-corrected chi connectivity index (χ3v) is 3.31. The van der Waals surface area contributed by atoms with E-state index >= 15 is 0 Å². The minimum Gasteiger partial charge on any atom is -0.333 e. The molecule has 0 spiro atoms. The van der Waals surface area contributed by atoms with E-state index in [9.17, 15) is 4.79 Å². The van der Waals surface area contributed by atoms with Gasteiger partial charge in [0.05, 0.1) is 6.04 Å². The fourth-order valence-electron chi connectivity index (χ4n) is 2.43. The van der Waals surface area contributed by atoms with Crippen molar-refractivity contribution in [3.8, 4) is 0 Å². The molecule has 1 fully saturated rings. The van der Waals surface area contributed by atoms with Crippen LogP contribution in [0.2, 0.25) is 0 Å². The quantitative estimate of drug-likeness (QED) is 0.912. The van der Waals surface area contributed by atoms with Crippen molar-refractivity contribution in [1.29, 1.82) is 0 Å². The van der Waals surface area contributed by atoms with E-state index in [1.165, 1.54) is 0 Å². The highest BCUT2D eigenvalue weighted by Gasteiger charge is 2.30. The van der Waals surface area contributed by atoms with Gasteiger partial charge in [-0.15, -0.1) is 12.4 Å². The molecule has 112 valence electrons. The smallest absolute Gasteiger partial charge is 0.223 e. The van der Waals surface area contributed by atoms with Gasteiger partial charge in [-0.1, -0.05) is 26.8 Å². The van der Waals surface area contributed by atoms with E-state index < -0.39 is 0 Å². The molecular weight excluding hydrogens is 274 g/mol. The Morgan fingerprint density at radius 3 is 2.85 bits per heavy atom. The Labute approximate surface area is 127 Å². The van der Waals surface area contributed by atoms with E-state index in [0.29, 0.717) is 6.42 Å². The van der Waals surface area contributed by atoms with Gasteiger partial charge in [-0.25, -0.2) is 0 Å². The summed E-state index contributed by atoms with van der Waals surface area (Å²) in [6, 6.07) is 4.08. The highest BCUT2D eigenvalue weighted by molar-refractivity contribution is 5.85. The average molecular weight is 298 g/mol. The maximum absolute atomic E-state index is 12.5. The molecule has 20 heavy (non-hydrogen) atoms. The fraction of sp³-hybridized carbons (Fsp3) is 0.600. The Kier molecular flexibility index (Phi) is 5.96. The van der Waals surface area contributed by atoms with E-state index in [-0.39, 0.29) is 29.8 Å². The van der Waals surface area contributed by atoms with Gasteiger partial charge in [0.1, 0.15) is 0 Å². The van der Waals surface area contributed by atoms with Gasteiger partial charge in [-0.3, -0.25) is 9.78 Å². The standard InChI is InChI=1S/C15H23N3O.ClH/c1-15(2,3)9-14(19)18-8-7-17-11-13(18)12-5-4-6-16-10-12;/h4-6,10,13,17H,7-9,11H2,1-3H3;1H. The van der Waals surface area contributed by atoms with Crippen molar-refractivity contribution in [2.45, 2.75) is 33.2 Å². The fourth-order valence-corrected chi connectivity index (χ4v) is 2.43. The first kappa shape index (κ1) is 16.9. The highest BCUT2D eigenvalue weighted by atomic mass is 35.5. The third kappa shape index (κ3) is 4.46. The lowest BCUT2D eigenvalue weighted by Crippen LogP contribution is -2.49. The van der Waals surface area contributed by atoms with Gasteiger partial charge < -0.3 is 10.2 Å². The summed E-state index contributed by atoms with van der Waals surface area (Å²) < 4.78 is 0. The first-order valence-corrected chi connectivity index (χ1v) is 6.87. The maximum Gasteiger partial charge on any atom is 0.223 e. The molecule has 2 heterocycles. The molecule has 1 aliphatic rings. The molecule has 0 bridgehead atoms. The summed E-state index contributed by atoms with van der Waals surface area (Å²) in [5.41, 5.74) is 1.14. The first-order chi connectivity index (χ1) is 8.97. The van der Waals surface area contributed by atoms with Crippen LogP contribution < -0.4 is 5.32 Å². The first-order valence-electron chi connectivity index (χ1n) is 6.87. The number of nitrogens with zero attached hydrogens (tertiary/aromatic N) is 2. The van der Waals surface area contributed by atoms with E-state index in [0.717, 1.165) is 25.2 Å². The van der Waals surface area contributed by atoms with Crippen LogP contribution in [0.5, 0.6) is 0 Å². The normalized spacial score (nSPS) is 19.4. The third-order valence-electron chi connectivity index (χ3n) is 3.31. The number of hydrogen-bond acceptors (Lipinski definition) is 3. The average Bonchev–Trinajstić information content (AvgIpc) is 2.38. The van der Waals surface area contributed by atoms with Gasteiger partial charge in [0, 0.05) is 38.4 Å². The second-order valence-corrected chi connectivity index (χ2v) is 6.33. The molecule has 2 rings (SSSR count). The number of hydrogen-bond donors (Lipinski definition) is 1. The zero-order valence-corrected chi connectivity index (χ0v) is 13.2. The van der Waals surface area contributed by atoms with Gasteiger partial charge in [0.2, 0.25) is 5.91 Å². The lowest BCUT2D eigenvalue weighted by Gasteiger charge is -2.37. The van der Waals surface area contributed by atoms with Crippen LogP contribution in [0, 0.1) is 5.41 Å². The second-order valence-electron chi connectivity index (χ2n) is 6.33. The van der Waals surface area contributed by atoms with E-state index in [2.05, 4.69) is 31.1 Å². The minimum atomic E-state index is 0. The number of halogens is 1. The molecule has 0 saturated carbocycles. The second kappa shape index (κ2) is 7.04. The Morgan fingerprint density at radius 2 is 2.25 bits per heavy atom. The number of carbonyl (C=O) groups excluding carboxylic acids is 1. The van der Waals surface area contributed by atoms with Crippen molar-refractivity contribution in [2.24, 2.45) is 5.41 Å². The molecule has 1 N–H and O–H groups in total. The number of piperazine rings is 1. The zero-order valence-electron chi connectivity index (χ0n) is 12.4. The molecule has 0 aliphatic carbocycles. The van der Waals surface area contributed by atoms with Crippen molar-refractivity contribution < 1.29 is 4.79 Å². The van der Waals surface area contributed by atoms with Gasteiger partial charge in [0.15, 0.2) is 0 Å². The maximum atomic E-state index is 12.5. The Bertz CT molecular complexity index is 430. The molecular formula is C15H24ClN3O. The Balaban J connectivity index is 0.00000200. The summed E-state index contributed by atoms with van der Waals surface area (Å²) in [6.07, 6.45) is 4.21. The van der Waals surface area contributed by atoms with E-state index in [4.69, 9.17) is 0 Å². The van der Waals surface area contributed by atoms with Crippen molar-refractivity contribution in [3.63, 3.8) is 0 Å². The summed E-state index contributed by atoms with van der Waals surface area (Å²) in [7, 11) is 0. The minimum absolute atomic E-state index is 0. The summed E-state index contributed by atoms with van der Waals surface area (Å²) in [6.45, 7) is 8.76. The van der Waals surface area contributed by atoms with Crippen LogP contribution in [0.4, 0.5) is 0 Å². The highest BCUT2D eigenvalue weighted by Crippen LogP contribution is 2.26. The predicted molar refractivity (Wildman–Crippen MR) is 82.9 cm³/mol. The van der Waals surface area contributed by atoms with Crippen molar-refractivity contribution in [1.82, 2.24) is 15.2 Å². The number of carbonyl (C=O) groups is 1.